The molecule has 1 fully saturated rings. The number of benzene rings is 2. The number of hydrogen-bond acceptors (Lipinski definition) is 4. The highest BCUT2D eigenvalue weighted by Gasteiger charge is 2.39. The summed E-state index contributed by atoms with van der Waals surface area (Å²) in [4.78, 5) is 40.2. The molecular weight excluding hydrogens is 356 g/mol. The van der Waals surface area contributed by atoms with Crippen molar-refractivity contribution in [1.29, 1.82) is 0 Å². The van der Waals surface area contributed by atoms with Crippen LogP contribution in [0.5, 0.6) is 11.5 Å². The predicted octanol–water partition coefficient (Wildman–Crippen LogP) is 2.92. The van der Waals surface area contributed by atoms with E-state index in [0.29, 0.717) is 37.4 Å². The predicted molar refractivity (Wildman–Crippen MR) is 103 cm³/mol. The normalized spacial score (nSPS) is 16.5. The zero-order chi connectivity index (χ0) is 19.7. The molecule has 2 heterocycles. The fourth-order valence-electron chi connectivity index (χ4n) is 4.16. The van der Waals surface area contributed by atoms with Crippen LogP contribution >= 0.6 is 0 Å². The second-order valence-corrected chi connectivity index (χ2v) is 7.21. The van der Waals surface area contributed by atoms with Crippen LogP contribution in [0.25, 0.3) is 0 Å². The third-order valence-corrected chi connectivity index (χ3v) is 5.52. The first kappa shape index (κ1) is 18.2. The molecule has 3 amide bonds. The fraction of sp³-hybridized carbons (Fsp3) is 0.318. The fourth-order valence-corrected chi connectivity index (χ4v) is 4.16. The minimum Gasteiger partial charge on any atom is -0.457 e. The first-order chi connectivity index (χ1) is 13.6. The number of ether oxygens (including phenoxy) is 1. The number of imide groups is 1. The molecular formula is C22H22N2O4. The standard InChI is InChI=1S/C22H22N2O4/c1-15(26)24(16-10-12-23(14-25)13-11-16)22(27)21-17-6-2-4-8-19(17)28-20-9-5-3-7-18(20)21/h2-9,14,16,21H,10-13H2,1H3. The summed E-state index contributed by atoms with van der Waals surface area (Å²) < 4.78 is 5.97. The summed E-state index contributed by atoms with van der Waals surface area (Å²) in [5.74, 6) is 0.183. The number of hydrogen-bond donors (Lipinski definition) is 0. The summed E-state index contributed by atoms with van der Waals surface area (Å²) in [5.41, 5.74) is 1.53. The van der Waals surface area contributed by atoms with Gasteiger partial charge in [-0.2, -0.15) is 0 Å². The SMILES string of the molecule is CC(=O)N(C(=O)C1c2ccccc2Oc2ccccc21)C1CCN(C=O)CC1. The summed E-state index contributed by atoms with van der Waals surface area (Å²) >= 11 is 0. The van der Waals surface area contributed by atoms with E-state index < -0.39 is 5.92 Å². The Kier molecular flexibility index (Phi) is 4.86. The molecule has 2 aromatic rings. The molecule has 6 heteroatoms. The lowest BCUT2D eigenvalue weighted by atomic mass is 9.86. The number of likely N-dealkylation sites (tertiary alicyclic amines) is 1. The van der Waals surface area contributed by atoms with Gasteiger partial charge in [-0.1, -0.05) is 36.4 Å². The quantitative estimate of drug-likeness (QED) is 0.771. The van der Waals surface area contributed by atoms with E-state index in [1.807, 2.05) is 48.5 Å². The summed E-state index contributed by atoms with van der Waals surface area (Å²) in [6.07, 6.45) is 2.01. The Morgan fingerprint density at radius 2 is 1.54 bits per heavy atom. The summed E-state index contributed by atoms with van der Waals surface area (Å²) in [6, 6.07) is 14.7. The molecule has 0 unspecified atom stereocenters. The van der Waals surface area contributed by atoms with Crippen molar-refractivity contribution in [3.05, 3.63) is 59.7 Å². The zero-order valence-electron chi connectivity index (χ0n) is 15.7. The van der Waals surface area contributed by atoms with Gasteiger partial charge in [-0.05, 0) is 25.0 Å². The Balaban J connectivity index is 1.72. The third kappa shape index (κ3) is 3.15. The van der Waals surface area contributed by atoms with Gasteiger partial charge in [0.1, 0.15) is 11.5 Å². The van der Waals surface area contributed by atoms with E-state index in [1.165, 1.54) is 11.8 Å². The molecule has 144 valence electrons. The molecule has 2 aliphatic rings. The number of carbonyl (C=O) groups excluding carboxylic acids is 3. The van der Waals surface area contributed by atoms with Gasteiger partial charge in [0, 0.05) is 37.2 Å². The number of para-hydroxylation sites is 2. The monoisotopic (exact) mass is 378 g/mol. The van der Waals surface area contributed by atoms with E-state index in [1.54, 1.807) is 4.90 Å². The second-order valence-electron chi connectivity index (χ2n) is 7.21. The maximum Gasteiger partial charge on any atom is 0.241 e. The van der Waals surface area contributed by atoms with E-state index in [9.17, 15) is 14.4 Å². The van der Waals surface area contributed by atoms with Crippen molar-refractivity contribution in [2.45, 2.75) is 31.7 Å². The van der Waals surface area contributed by atoms with Crippen molar-refractivity contribution >= 4 is 18.2 Å². The van der Waals surface area contributed by atoms with Crippen molar-refractivity contribution in [3.63, 3.8) is 0 Å². The number of rotatable bonds is 3. The van der Waals surface area contributed by atoms with E-state index in [0.717, 1.165) is 17.5 Å². The Labute approximate surface area is 163 Å². The first-order valence-corrected chi connectivity index (χ1v) is 9.49. The molecule has 1 saturated heterocycles. The van der Waals surface area contributed by atoms with Crippen LogP contribution < -0.4 is 4.74 Å². The maximum atomic E-state index is 13.7. The Hall–Kier alpha value is -3.15. The van der Waals surface area contributed by atoms with Gasteiger partial charge in [0.15, 0.2) is 0 Å². The highest BCUT2D eigenvalue weighted by atomic mass is 16.5. The van der Waals surface area contributed by atoms with Gasteiger partial charge < -0.3 is 9.64 Å². The number of piperidine rings is 1. The summed E-state index contributed by atoms with van der Waals surface area (Å²) in [6.45, 7) is 2.53. The molecule has 28 heavy (non-hydrogen) atoms. The molecule has 0 bridgehead atoms. The third-order valence-electron chi connectivity index (χ3n) is 5.52. The van der Waals surface area contributed by atoms with Crippen LogP contribution in [0.1, 0.15) is 36.8 Å². The lowest BCUT2D eigenvalue weighted by Gasteiger charge is -2.38. The van der Waals surface area contributed by atoms with Crippen LogP contribution in [0, 0.1) is 0 Å². The average Bonchev–Trinajstić information content (AvgIpc) is 2.72. The van der Waals surface area contributed by atoms with Crippen molar-refractivity contribution < 1.29 is 19.1 Å². The molecule has 0 aliphatic carbocycles. The number of fused-ring (bicyclic) bond motifs is 2. The smallest absolute Gasteiger partial charge is 0.241 e. The van der Waals surface area contributed by atoms with Crippen molar-refractivity contribution in [1.82, 2.24) is 9.80 Å². The lowest BCUT2D eigenvalue weighted by Crippen LogP contribution is -2.50. The maximum absolute atomic E-state index is 13.7. The van der Waals surface area contributed by atoms with E-state index in [2.05, 4.69) is 0 Å². The molecule has 0 N–H and O–H groups in total. The highest BCUT2D eigenvalue weighted by molar-refractivity contribution is 6.00. The van der Waals surface area contributed by atoms with E-state index in [-0.39, 0.29) is 17.9 Å². The molecule has 0 radical (unpaired) electrons. The summed E-state index contributed by atoms with van der Waals surface area (Å²) in [7, 11) is 0. The van der Waals surface area contributed by atoms with Gasteiger partial charge in [0.25, 0.3) is 0 Å². The van der Waals surface area contributed by atoms with Crippen LogP contribution in [0.4, 0.5) is 0 Å². The Morgan fingerprint density at radius 3 is 2.04 bits per heavy atom. The van der Waals surface area contributed by atoms with Crippen LogP contribution in [-0.2, 0) is 14.4 Å². The molecule has 0 saturated carbocycles. The van der Waals surface area contributed by atoms with Crippen molar-refractivity contribution in [2.75, 3.05) is 13.1 Å². The van der Waals surface area contributed by atoms with Crippen molar-refractivity contribution in [3.8, 4) is 11.5 Å². The van der Waals surface area contributed by atoms with Gasteiger partial charge in [-0.15, -0.1) is 0 Å². The van der Waals surface area contributed by atoms with Crippen LogP contribution in [-0.4, -0.2) is 47.2 Å². The lowest BCUT2D eigenvalue weighted by molar-refractivity contribution is -0.148. The Bertz CT molecular complexity index is 873. The van der Waals surface area contributed by atoms with Gasteiger partial charge >= 0.3 is 0 Å². The second kappa shape index (κ2) is 7.46. The minimum absolute atomic E-state index is 0.205. The van der Waals surface area contributed by atoms with Gasteiger partial charge in [0.2, 0.25) is 18.2 Å². The molecule has 6 nitrogen and oxygen atoms in total. The molecule has 0 aromatic heterocycles. The van der Waals surface area contributed by atoms with Gasteiger partial charge in [-0.25, -0.2) is 0 Å². The van der Waals surface area contributed by atoms with Crippen LogP contribution in [0.15, 0.2) is 48.5 Å². The minimum atomic E-state index is -0.589. The highest BCUT2D eigenvalue weighted by Crippen LogP contribution is 2.45. The number of amides is 3. The largest absolute Gasteiger partial charge is 0.457 e. The van der Waals surface area contributed by atoms with Crippen molar-refractivity contribution in [2.24, 2.45) is 0 Å². The molecule has 0 spiro atoms. The summed E-state index contributed by atoms with van der Waals surface area (Å²) in [5, 5.41) is 0. The first-order valence-electron chi connectivity index (χ1n) is 9.49. The van der Waals surface area contributed by atoms with Gasteiger partial charge in [0.05, 0.1) is 5.92 Å². The topological polar surface area (TPSA) is 66.9 Å². The Morgan fingerprint density at radius 1 is 1.00 bits per heavy atom. The van der Waals surface area contributed by atoms with Crippen LogP contribution in [0.2, 0.25) is 0 Å². The molecule has 2 aliphatic heterocycles. The molecule has 2 aromatic carbocycles. The molecule has 0 atom stereocenters. The van der Waals surface area contributed by atoms with E-state index >= 15 is 0 Å². The van der Waals surface area contributed by atoms with Crippen LogP contribution in [0.3, 0.4) is 0 Å². The zero-order valence-corrected chi connectivity index (χ0v) is 15.7. The van der Waals surface area contributed by atoms with E-state index in [4.69, 9.17) is 4.74 Å². The van der Waals surface area contributed by atoms with Gasteiger partial charge in [-0.3, -0.25) is 19.3 Å². The molecule has 4 rings (SSSR count). The average molecular weight is 378 g/mol. The number of carbonyl (C=O) groups is 3. The number of nitrogens with zero attached hydrogens (tertiary/aromatic N) is 2.